The topological polar surface area (TPSA) is 99.3 Å². The minimum Gasteiger partial charge on any atom is -0.389 e. The van der Waals surface area contributed by atoms with Crippen molar-refractivity contribution in [1.82, 2.24) is 25.1 Å². The molecule has 0 spiro atoms. The van der Waals surface area contributed by atoms with Gasteiger partial charge < -0.3 is 20.4 Å². The predicted octanol–water partition coefficient (Wildman–Crippen LogP) is 1.39. The van der Waals surface area contributed by atoms with Gasteiger partial charge in [0.1, 0.15) is 17.8 Å². The minimum absolute atomic E-state index is 0.135. The third-order valence-corrected chi connectivity index (χ3v) is 6.37. The summed E-state index contributed by atoms with van der Waals surface area (Å²) in [6, 6.07) is 5.91. The Labute approximate surface area is 179 Å². The van der Waals surface area contributed by atoms with E-state index in [1.54, 1.807) is 17.8 Å². The molecule has 0 bridgehead atoms. The molecule has 1 aromatic carbocycles. The molecule has 2 saturated heterocycles. The fourth-order valence-corrected chi connectivity index (χ4v) is 4.72. The van der Waals surface area contributed by atoms with Gasteiger partial charge in [0.05, 0.1) is 23.9 Å². The number of aromatic nitrogens is 4. The van der Waals surface area contributed by atoms with Crippen LogP contribution in [0.2, 0.25) is 0 Å². The first-order chi connectivity index (χ1) is 14.9. The maximum absolute atomic E-state index is 14.7. The molecular formula is C22H27FN6O2. The summed E-state index contributed by atoms with van der Waals surface area (Å²) in [6.45, 7) is 5.65. The number of nitrogens with one attached hydrogen (secondary N) is 1. The molecule has 2 unspecified atom stereocenters. The first-order valence-electron chi connectivity index (χ1n) is 10.7. The Morgan fingerprint density at radius 3 is 2.55 bits per heavy atom. The number of β-amino-alcohol motifs (C(OH)–C–C–N with tert-alkyl or cyclic N) is 2. The third-order valence-electron chi connectivity index (χ3n) is 6.37. The number of aliphatic hydroxyl groups excluding tert-OH is 2. The van der Waals surface area contributed by atoms with Gasteiger partial charge in [-0.1, -0.05) is 0 Å². The van der Waals surface area contributed by atoms with E-state index in [9.17, 15) is 14.6 Å². The minimum atomic E-state index is -0.915. The molecule has 0 radical (unpaired) electrons. The van der Waals surface area contributed by atoms with Gasteiger partial charge in [-0.25, -0.2) is 19.0 Å². The van der Waals surface area contributed by atoms with E-state index >= 15 is 0 Å². The van der Waals surface area contributed by atoms with Crippen LogP contribution < -0.4 is 10.2 Å². The van der Waals surface area contributed by atoms with Gasteiger partial charge in [-0.2, -0.15) is 5.10 Å². The molecule has 0 amide bonds. The van der Waals surface area contributed by atoms with Crippen LogP contribution in [0.1, 0.15) is 29.3 Å². The molecule has 31 heavy (non-hydrogen) atoms. The van der Waals surface area contributed by atoms with Crippen LogP contribution in [0, 0.1) is 13.8 Å². The zero-order chi connectivity index (χ0) is 21.7. The Bertz CT molecular complexity index is 1110. The summed E-state index contributed by atoms with van der Waals surface area (Å²) >= 11 is 0. The lowest BCUT2D eigenvalue weighted by Crippen LogP contribution is -2.36. The number of benzene rings is 1. The highest BCUT2D eigenvalue weighted by Crippen LogP contribution is 2.33. The quantitative estimate of drug-likeness (QED) is 0.582. The molecule has 3 N–H and O–H groups in total. The smallest absolute Gasteiger partial charge is 0.159 e. The Kier molecular flexibility index (Phi) is 5.11. The molecule has 164 valence electrons. The van der Waals surface area contributed by atoms with Crippen molar-refractivity contribution < 1.29 is 14.6 Å². The Balaban J connectivity index is 1.57. The summed E-state index contributed by atoms with van der Waals surface area (Å²) in [6.07, 6.45) is 0.0454. The molecule has 2 aromatic heterocycles. The van der Waals surface area contributed by atoms with Gasteiger partial charge in [-0.15, -0.1) is 0 Å². The summed E-state index contributed by atoms with van der Waals surface area (Å²) < 4.78 is 16.4. The molecule has 5 rings (SSSR count). The lowest BCUT2D eigenvalue weighted by atomic mass is 9.85. The van der Waals surface area contributed by atoms with E-state index in [2.05, 4.69) is 26.4 Å². The van der Waals surface area contributed by atoms with Crippen LogP contribution >= 0.6 is 0 Å². The monoisotopic (exact) mass is 426 g/mol. The average molecular weight is 426 g/mol. The molecule has 2 fully saturated rings. The molecule has 2 aliphatic heterocycles. The van der Waals surface area contributed by atoms with Crippen molar-refractivity contribution >= 4 is 16.7 Å². The van der Waals surface area contributed by atoms with E-state index in [1.165, 1.54) is 0 Å². The van der Waals surface area contributed by atoms with Gasteiger partial charge in [0.25, 0.3) is 0 Å². The second-order valence-corrected chi connectivity index (χ2v) is 8.61. The van der Waals surface area contributed by atoms with Crippen molar-refractivity contribution in [2.24, 2.45) is 0 Å². The Morgan fingerprint density at radius 2 is 1.81 bits per heavy atom. The van der Waals surface area contributed by atoms with Crippen LogP contribution in [-0.2, 0) is 0 Å². The molecule has 2 aliphatic rings. The van der Waals surface area contributed by atoms with E-state index in [0.29, 0.717) is 37.1 Å². The Morgan fingerprint density at radius 1 is 1.06 bits per heavy atom. The van der Waals surface area contributed by atoms with Crippen LogP contribution in [0.25, 0.3) is 16.7 Å². The molecule has 0 aliphatic carbocycles. The van der Waals surface area contributed by atoms with Crippen molar-refractivity contribution in [2.75, 3.05) is 31.1 Å². The van der Waals surface area contributed by atoms with E-state index in [-0.39, 0.29) is 5.92 Å². The lowest BCUT2D eigenvalue weighted by molar-refractivity contribution is 0.0572. The largest absolute Gasteiger partial charge is 0.389 e. The van der Waals surface area contributed by atoms with E-state index in [0.717, 1.165) is 35.0 Å². The zero-order valence-corrected chi connectivity index (χ0v) is 17.7. The second-order valence-electron chi connectivity index (χ2n) is 8.61. The summed E-state index contributed by atoms with van der Waals surface area (Å²) in [4.78, 5) is 10.9. The van der Waals surface area contributed by atoms with Gasteiger partial charge in [0, 0.05) is 37.0 Å². The van der Waals surface area contributed by atoms with Crippen LogP contribution in [0.5, 0.6) is 0 Å². The maximum Gasteiger partial charge on any atom is 0.159 e. The first kappa shape index (κ1) is 20.3. The highest BCUT2D eigenvalue weighted by molar-refractivity contribution is 5.82. The van der Waals surface area contributed by atoms with Crippen LogP contribution in [0.15, 0.2) is 24.4 Å². The molecule has 3 aromatic rings. The number of rotatable bonds is 3. The zero-order valence-electron chi connectivity index (χ0n) is 17.7. The second kappa shape index (κ2) is 7.81. The van der Waals surface area contributed by atoms with Gasteiger partial charge in [0.15, 0.2) is 5.82 Å². The molecule has 4 heterocycles. The number of piperidine rings is 1. The van der Waals surface area contributed by atoms with Crippen molar-refractivity contribution in [3.8, 4) is 5.82 Å². The summed E-state index contributed by atoms with van der Waals surface area (Å²) in [7, 11) is 0. The Hall–Kier alpha value is -2.62. The van der Waals surface area contributed by atoms with E-state index in [1.807, 2.05) is 24.0 Å². The number of halogens is 1. The highest BCUT2D eigenvalue weighted by atomic mass is 19.1. The number of alkyl halides is 1. The molecule has 4 atom stereocenters. The van der Waals surface area contributed by atoms with Gasteiger partial charge in [-0.3, -0.25) is 0 Å². The summed E-state index contributed by atoms with van der Waals surface area (Å²) in [5, 5.41) is 28.5. The number of hydrogen-bond acceptors (Lipinski definition) is 7. The number of fused-ring (bicyclic) bond motifs is 1. The normalized spacial score (nSPS) is 26.7. The third kappa shape index (κ3) is 3.66. The van der Waals surface area contributed by atoms with Crippen LogP contribution in [0.3, 0.4) is 0 Å². The molecule has 8 nitrogen and oxygen atoms in total. The highest BCUT2D eigenvalue weighted by Gasteiger charge is 2.31. The fraction of sp³-hybridized carbons (Fsp3) is 0.500. The number of aliphatic hydroxyl groups is 2. The van der Waals surface area contributed by atoms with Crippen molar-refractivity contribution in [3.05, 3.63) is 41.3 Å². The van der Waals surface area contributed by atoms with Gasteiger partial charge in [-0.05, 0) is 50.1 Å². The predicted molar refractivity (Wildman–Crippen MR) is 115 cm³/mol. The number of hydrogen-bond donors (Lipinski definition) is 3. The standard InChI is InChI=1S/C22H27FN6O2/c1-12-5-14-8-25-29(18(14)6-16(12)15-3-4-24-9-17(15)23)22-7-21(26-13(2)27-22)28-10-19(30)20(31)11-28/h5-8,15,17,19-20,24,30-31H,3-4,9-11H2,1-2H3/t15?,17?,19-,20+. The van der Waals surface area contributed by atoms with E-state index in [4.69, 9.17) is 0 Å². The fourth-order valence-electron chi connectivity index (χ4n) is 4.72. The lowest BCUT2D eigenvalue weighted by Gasteiger charge is -2.28. The molecular weight excluding hydrogens is 399 g/mol. The van der Waals surface area contributed by atoms with Gasteiger partial charge in [0.2, 0.25) is 0 Å². The maximum atomic E-state index is 14.7. The summed E-state index contributed by atoms with van der Waals surface area (Å²) in [5.74, 6) is 1.67. The number of aryl methyl sites for hydroxylation is 2. The van der Waals surface area contributed by atoms with Crippen LogP contribution in [0.4, 0.5) is 10.2 Å². The number of nitrogens with zero attached hydrogens (tertiary/aromatic N) is 5. The molecule has 0 saturated carbocycles. The first-order valence-corrected chi connectivity index (χ1v) is 10.7. The van der Waals surface area contributed by atoms with Crippen molar-refractivity contribution in [3.63, 3.8) is 0 Å². The number of anilines is 1. The average Bonchev–Trinajstić information content (AvgIpc) is 3.30. The van der Waals surface area contributed by atoms with E-state index < -0.39 is 18.4 Å². The van der Waals surface area contributed by atoms with Crippen molar-refractivity contribution in [2.45, 2.75) is 44.6 Å². The summed E-state index contributed by atoms with van der Waals surface area (Å²) in [5.41, 5.74) is 2.96. The van der Waals surface area contributed by atoms with Gasteiger partial charge >= 0.3 is 0 Å². The molecule has 9 heteroatoms. The SMILES string of the molecule is Cc1nc(N2C[C@@H](O)[C@@H](O)C2)cc(-n2ncc3cc(C)c(C4CCNCC4F)cc32)n1. The van der Waals surface area contributed by atoms with Crippen LogP contribution in [-0.4, -0.2) is 74.5 Å². The van der Waals surface area contributed by atoms with Crippen molar-refractivity contribution in [1.29, 1.82) is 0 Å².